The lowest BCUT2D eigenvalue weighted by atomic mass is 10.1. The van der Waals surface area contributed by atoms with Gasteiger partial charge in [-0.25, -0.2) is 9.18 Å². The van der Waals surface area contributed by atoms with Crippen LogP contribution in [-0.4, -0.2) is 5.97 Å². The molecule has 144 valence electrons. The molecule has 0 bridgehead atoms. The molecule has 0 unspecified atom stereocenters. The van der Waals surface area contributed by atoms with Crippen LogP contribution in [0.3, 0.4) is 0 Å². The summed E-state index contributed by atoms with van der Waals surface area (Å²) >= 11 is 0. The topological polar surface area (TPSA) is 109 Å². The summed E-state index contributed by atoms with van der Waals surface area (Å²) in [6.07, 6.45) is 0. The minimum Gasteiger partial charge on any atom is -0.456 e. The van der Waals surface area contributed by atoms with Crippen LogP contribution >= 0.6 is 0 Å². The molecule has 29 heavy (non-hydrogen) atoms. The quantitative estimate of drug-likeness (QED) is 0.311. The maximum absolute atomic E-state index is 13.3. The molecule has 4 aromatic rings. The van der Waals surface area contributed by atoms with Gasteiger partial charge < -0.3 is 20.6 Å². The minimum atomic E-state index is -0.601. The molecule has 0 spiro atoms. The number of nitrogens with two attached hydrogens (primary N) is 2. The van der Waals surface area contributed by atoms with Gasteiger partial charge in [-0.2, -0.15) is 0 Å². The number of hydrogen-bond acceptors (Lipinski definition) is 6. The van der Waals surface area contributed by atoms with Gasteiger partial charge in [-0.15, -0.1) is 0 Å². The van der Waals surface area contributed by atoms with E-state index in [1.165, 1.54) is 36.4 Å². The number of carbonyl (C=O) groups is 1. The SMILES string of the molecule is Nc1cc(N)cc(C(=O)Oc2ccc(-c3cc(=O)c4cc(F)ccc4o3)cc2)c1. The predicted octanol–water partition coefficient (Wildman–Crippen LogP) is 3.98. The third-order valence-electron chi connectivity index (χ3n) is 4.25. The number of hydrogen-bond donors (Lipinski definition) is 2. The van der Waals surface area contributed by atoms with Gasteiger partial charge in [-0.05, 0) is 60.7 Å². The predicted molar refractivity (Wildman–Crippen MR) is 108 cm³/mol. The minimum absolute atomic E-state index is 0.167. The number of carbonyl (C=O) groups excluding carboxylic acids is 1. The lowest BCUT2D eigenvalue weighted by molar-refractivity contribution is 0.0735. The van der Waals surface area contributed by atoms with Gasteiger partial charge in [-0.3, -0.25) is 4.79 Å². The molecule has 1 heterocycles. The Kier molecular flexibility index (Phi) is 4.48. The van der Waals surface area contributed by atoms with Crippen LogP contribution in [0.1, 0.15) is 10.4 Å². The van der Waals surface area contributed by atoms with Crippen molar-refractivity contribution >= 4 is 28.3 Å². The Morgan fingerprint density at radius 3 is 2.28 bits per heavy atom. The third-order valence-corrected chi connectivity index (χ3v) is 4.25. The molecular formula is C22H15FN2O4. The van der Waals surface area contributed by atoms with Crippen LogP contribution < -0.4 is 21.6 Å². The van der Waals surface area contributed by atoms with Crippen molar-refractivity contribution in [3.63, 3.8) is 0 Å². The second kappa shape index (κ2) is 7.12. The van der Waals surface area contributed by atoms with Crippen molar-refractivity contribution in [3.05, 3.63) is 88.3 Å². The largest absolute Gasteiger partial charge is 0.456 e. The summed E-state index contributed by atoms with van der Waals surface area (Å²) in [6.45, 7) is 0. The number of anilines is 2. The second-order valence-corrected chi connectivity index (χ2v) is 6.42. The van der Waals surface area contributed by atoms with E-state index < -0.39 is 11.8 Å². The van der Waals surface area contributed by atoms with Crippen LogP contribution in [0.15, 0.2) is 75.9 Å². The summed E-state index contributed by atoms with van der Waals surface area (Å²) in [5.41, 5.74) is 12.9. The summed E-state index contributed by atoms with van der Waals surface area (Å²) < 4.78 is 24.3. The summed E-state index contributed by atoms with van der Waals surface area (Å²) in [5.74, 6) is -0.498. The lowest BCUT2D eigenvalue weighted by Gasteiger charge is -2.07. The van der Waals surface area contributed by atoms with E-state index >= 15 is 0 Å². The Morgan fingerprint density at radius 1 is 0.897 bits per heavy atom. The Labute approximate surface area is 164 Å². The number of esters is 1. The fraction of sp³-hybridized carbons (Fsp3) is 0. The zero-order chi connectivity index (χ0) is 20.5. The van der Waals surface area contributed by atoms with Gasteiger partial charge in [0.05, 0.1) is 10.9 Å². The maximum atomic E-state index is 13.3. The van der Waals surface area contributed by atoms with Crippen LogP contribution in [0.25, 0.3) is 22.3 Å². The average Bonchev–Trinajstić information content (AvgIpc) is 2.68. The lowest BCUT2D eigenvalue weighted by Crippen LogP contribution is -2.09. The van der Waals surface area contributed by atoms with Gasteiger partial charge in [0.15, 0.2) is 5.43 Å². The maximum Gasteiger partial charge on any atom is 0.343 e. The second-order valence-electron chi connectivity index (χ2n) is 6.42. The van der Waals surface area contributed by atoms with Crippen molar-refractivity contribution in [2.75, 3.05) is 11.5 Å². The van der Waals surface area contributed by atoms with Gasteiger partial charge in [0, 0.05) is 23.0 Å². The first kappa shape index (κ1) is 18.2. The van der Waals surface area contributed by atoms with Gasteiger partial charge in [-0.1, -0.05) is 0 Å². The summed E-state index contributed by atoms with van der Waals surface area (Å²) in [7, 11) is 0. The number of halogens is 1. The van der Waals surface area contributed by atoms with E-state index in [4.69, 9.17) is 20.6 Å². The Morgan fingerprint density at radius 2 is 1.59 bits per heavy atom. The molecule has 7 heteroatoms. The van der Waals surface area contributed by atoms with Crippen LogP contribution in [0, 0.1) is 5.82 Å². The molecule has 0 radical (unpaired) electrons. The van der Waals surface area contributed by atoms with E-state index in [0.29, 0.717) is 28.4 Å². The summed E-state index contributed by atoms with van der Waals surface area (Å²) in [4.78, 5) is 24.5. The number of rotatable bonds is 3. The van der Waals surface area contributed by atoms with Crippen molar-refractivity contribution in [2.24, 2.45) is 0 Å². The molecule has 6 nitrogen and oxygen atoms in total. The van der Waals surface area contributed by atoms with Crippen LogP contribution in [-0.2, 0) is 0 Å². The fourth-order valence-electron chi connectivity index (χ4n) is 2.92. The Hall–Kier alpha value is -4.13. The monoisotopic (exact) mass is 390 g/mol. The van der Waals surface area contributed by atoms with Crippen molar-refractivity contribution in [1.82, 2.24) is 0 Å². The molecule has 0 aliphatic heterocycles. The van der Waals surface area contributed by atoms with Crippen LogP contribution in [0.4, 0.5) is 15.8 Å². The molecule has 0 atom stereocenters. The van der Waals surface area contributed by atoms with Gasteiger partial charge in [0.1, 0.15) is 22.9 Å². The average molecular weight is 390 g/mol. The first-order valence-corrected chi connectivity index (χ1v) is 8.61. The highest BCUT2D eigenvalue weighted by Gasteiger charge is 2.12. The number of fused-ring (bicyclic) bond motifs is 1. The molecule has 0 aliphatic rings. The zero-order valence-corrected chi connectivity index (χ0v) is 15.0. The van der Waals surface area contributed by atoms with Gasteiger partial charge in [0.25, 0.3) is 0 Å². The molecule has 0 aliphatic carbocycles. The summed E-state index contributed by atoms with van der Waals surface area (Å²) in [6, 6.07) is 16.0. The number of nitrogen functional groups attached to an aromatic ring is 2. The molecule has 0 saturated carbocycles. The van der Waals surface area contributed by atoms with Crippen LogP contribution in [0.2, 0.25) is 0 Å². The van der Waals surface area contributed by atoms with Crippen molar-refractivity contribution in [1.29, 1.82) is 0 Å². The number of ether oxygens (including phenoxy) is 1. The van der Waals surface area contributed by atoms with E-state index in [0.717, 1.165) is 6.07 Å². The van der Waals surface area contributed by atoms with E-state index in [1.54, 1.807) is 24.3 Å². The van der Waals surface area contributed by atoms with E-state index in [2.05, 4.69) is 0 Å². The molecule has 4 rings (SSSR count). The van der Waals surface area contributed by atoms with Gasteiger partial charge in [0.2, 0.25) is 0 Å². The fourth-order valence-corrected chi connectivity index (χ4v) is 2.92. The van der Waals surface area contributed by atoms with Gasteiger partial charge >= 0.3 is 5.97 Å². The number of benzene rings is 3. The van der Waals surface area contributed by atoms with E-state index in [9.17, 15) is 14.0 Å². The Bertz CT molecular complexity index is 1280. The first-order valence-electron chi connectivity index (χ1n) is 8.61. The Balaban J connectivity index is 1.59. The van der Waals surface area contributed by atoms with Crippen molar-refractivity contribution in [3.8, 4) is 17.1 Å². The van der Waals surface area contributed by atoms with Crippen molar-refractivity contribution in [2.45, 2.75) is 0 Å². The highest BCUT2D eigenvalue weighted by molar-refractivity contribution is 5.93. The van der Waals surface area contributed by atoms with Crippen molar-refractivity contribution < 1.29 is 18.3 Å². The smallest absolute Gasteiger partial charge is 0.343 e. The van der Waals surface area contributed by atoms with E-state index in [-0.39, 0.29) is 22.0 Å². The molecule has 0 amide bonds. The molecule has 0 fully saturated rings. The molecule has 3 aromatic carbocycles. The standard InChI is InChI=1S/C22H15FN2O4/c23-14-3-6-20-18(9-14)19(26)11-21(29-20)12-1-4-17(5-2-12)28-22(27)13-7-15(24)10-16(25)8-13/h1-11H,24-25H2. The highest BCUT2D eigenvalue weighted by atomic mass is 19.1. The van der Waals surface area contributed by atoms with Crippen LogP contribution in [0.5, 0.6) is 5.75 Å². The first-order chi connectivity index (χ1) is 13.9. The normalized spacial score (nSPS) is 10.8. The molecule has 4 N–H and O–H groups in total. The zero-order valence-electron chi connectivity index (χ0n) is 15.0. The molecule has 1 aromatic heterocycles. The summed E-state index contributed by atoms with van der Waals surface area (Å²) in [5, 5.41) is 0.167. The highest BCUT2D eigenvalue weighted by Crippen LogP contribution is 2.25. The molecule has 0 saturated heterocycles. The molecular weight excluding hydrogens is 375 g/mol. The third kappa shape index (κ3) is 3.79. The van der Waals surface area contributed by atoms with E-state index in [1.807, 2.05) is 0 Å².